The van der Waals surface area contributed by atoms with Gasteiger partial charge in [0.05, 0.1) is 17.9 Å². The number of hydrogen-bond donors (Lipinski definition) is 1. The van der Waals surface area contributed by atoms with E-state index in [1.807, 2.05) is 0 Å². The summed E-state index contributed by atoms with van der Waals surface area (Å²) in [6, 6.07) is 18.8. The third-order valence-corrected chi connectivity index (χ3v) is 8.52. The Kier molecular flexibility index (Phi) is 7.99. The van der Waals surface area contributed by atoms with E-state index >= 15 is 0 Å². The molecule has 9 nitrogen and oxygen atoms in total. The molecule has 4 rings (SSSR count). The van der Waals surface area contributed by atoms with Crippen molar-refractivity contribution in [2.75, 3.05) is 23.3 Å². The van der Waals surface area contributed by atoms with Gasteiger partial charge >= 0.3 is 5.97 Å². The van der Waals surface area contributed by atoms with Crippen LogP contribution in [0.4, 0.5) is 11.4 Å². The van der Waals surface area contributed by atoms with E-state index in [0.717, 1.165) is 15.6 Å². The summed E-state index contributed by atoms with van der Waals surface area (Å²) in [6.45, 7) is 1.88. The third-order valence-electron chi connectivity index (χ3n) is 5.56. The van der Waals surface area contributed by atoms with Crippen LogP contribution in [0.1, 0.15) is 43.6 Å². The fourth-order valence-electron chi connectivity index (χ4n) is 3.55. The molecular formula is C27H23N3O6S2. The van der Waals surface area contributed by atoms with Crippen molar-refractivity contribution < 1.29 is 27.5 Å². The molecule has 4 aromatic rings. The molecule has 1 heterocycles. The number of esters is 1. The van der Waals surface area contributed by atoms with Gasteiger partial charge in [-0.25, -0.2) is 9.78 Å². The van der Waals surface area contributed by atoms with E-state index in [1.54, 1.807) is 54.8 Å². The first-order valence-corrected chi connectivity index (χ1v) is 13.7. The maximum atomic E-state index is 13.0. The van der Waals surface area contributed by atoms with Crippen molar-refractivity contribution in [3.05, 3.63) is 107 Å². The van der Waals surface area contributed by atoms with Crippen molar-refractivity contribution in [1.29, 1.82) is 0 Å². The second kappa shape index (κ2) is 11.4. The highest BCUT2D eigenvalue weighted by Crippen LogP contribution is 2.25. The smallest absolute Gasteiger partial charge is 0.338 e. The van der Waals surface area contributed by atoms with Crippen LogP contribution in [0.2, 0.25) is 0 Å². The zero-order valence-electron chi connectivity index (χ0n) is 20.5. The van der Waals surface area contributed by atoms with Crippen molar-refractivity contribution in [3.8, 4) is 0 Å². The Hall–Kier alpha value is -4.35. The third kappa shape index (κ3) is 5.63. The Bertz CT molecular complexity index is 1570. The topological polar surface area (TPSA) is 123 Å². The minimum atomic E-state index is -3.77. The molecule has 0 saturated carbocycles. The van der Waals surface area contributed by atoms with E-state index in [9.17, 15) is 22.8 Å². The zero-order chi connectivity index (χ0) is 27.3. The van der Waals surface area contributed by atoms with Crippen molar-refractivity contribution in [2.24, 2.45) is 0 Å². The summed E-state index contributed by atoms with van der Waals surface area (Å²) in [5, 5.41) is 4.33. The van der Waals surface area contributed by atoms with Crippen molar-refractivity contribution in [2.45, 2.75) is 11.3 Å². The Morgan fingerprint density at radius 1 is 0.921 bits per heavy atom. The van der Waals surface area contributed by atoms with Gasteiger partial charge in [-0.05, 0) is 49.4 Å². The second-order valence-corrected chi connectivity index (χ2v) is 11.0. The van der Waals surface area contributed by atoms with Gasteiger partial charge in [-0.3, -0.25) is 13.9 Å². The molecule has 0 aliphatic heterocycles. The molecule has 0 unspecified atom stereocenters. The first-order chi connectivity index (χ1) is 18.2. The van der Waals surface area contributed by atoms with Crippen LogP contribution in [-0.2, 0) is 14.8 Å². The van der Waals surface area contributed by atoms with E-state index in [0.29, 0.717) is 22.5 Å². The Balaban J connectivity index is 1.44. The molecule has 0 fully saturated rings. The highest BCUT2D eigenvalue weighted by molar-refractivity contribution is 7.94. The van der Waals surface area contributed by atoms with Crippen LogP contribution >= 0.6 is 11.3 Å². The van der Waals surface area contributed by atoms with Crippen LogP contribution in [0, 0.1) is 0 Å². The lowest BCUT2D eigenvalue weighted by Crippen LogP contribution is -2.26. The molecule has 0 atom stereocenters. The number of benzene rings is 3. The lowest BCUT2D eigenvalue weighted by molar-refractivity contribution is 0.0523. The molecule has 3 aromatic carbocycles. The van der Waals surface area contributed by atoms with Crippen LogP contribution in [0.3, 0.4) is 0 Å². The highest BCUT2D eigenvalue weighted by atomic mass is 32.2. The average molecular weight is 550 g/mol. The number of rotatable bonds is 9. The molecule has 0 spiro atoms. The minimum absolute atomic E-state index is 0.0105. The fraction of sp³-hybridized carbons (Fsp3) is 0.111. The number of nitrogens with one attached hydrogen (secondary N) is 1. The van der Waals surface area contributed by atoms with Crippen LogP contribution in [0.15, 0.2) is 88.7 Å². The number of ketones is 1. The molecule has 0 saturated heterocycles. The highest BCUT2D eigenvalue weighted by Gasteiger charge is 2.24. The molecule has 1 amide bonds. The van der Waals surface area contributed by atoms with Gasteiger partial charge < -0.3 is 10.1 Å². The number of sulfonamides is 1. The number of ether oxygens (including phenoxy) is 1. The number of anilines is 2. The lowest BCUT2D eigenvalue weighted by Gasteiger charge is -2.18. The molecule has 1 aromatic heterocycles. The van der Waals surface area contributed by atoms with E-state index in [-0.39, 0.29) is 27.9 Å². The Morgan fingerprint density at radius 3 is 2.16 bits per heavy atom. The predicted molar refractivity (Wildman–Crippen MR) is 144 cm³/mol. The molecule has 0 aliphatic carbocycles. The van der Waals surface area contributed by atoms with Gasteiger partial charge in [0.15, 0.2) is 5.78 Å². The van der Waals surface area contributed by atoms with Gasteiger partial charge in [-0.1, -0.05) is 30.3 Å². The zero-order valence-corrected chi connectivity index (χ0v) is 22.1. The number of aromatic nitrogens is 1. The molecule has 1 N–H and O–H groups in total. The minimum Gasteiger partial charge on any atom is -0.462 e. The molecule has 0 bridgehead atoms. The van der Waals surface area contributed by atoms with Crippen molar-refractivity contribution >= 4 is 50.4 Å². The molecule has 11 heteroatoms. The predicted octanol–water partition coefficient (Wildman–Crippen LogP) is 4.63. The second-order valence-electron chi connectivity index (χ2n) is 7.94. The Labute approximate surface area is 223 Å². The monoisotopic (exact) mass is 549 g/mol. The van der Waals surface area contributed by atoms with Gasteiger partial charge in [-0.2, -0.15) is 8.42 Å². The maximum Gasteiger partial charge on any atom is 0.338 e. The molecule has 38 heavy (non-hydrogen) atoms. The van der Waals surface area contributed by atoms with E-state index < -0.39 is 21.9 Å². The molecule has 0 radical (unpaired) electrons. The summed E-state index contributed by atoms with van der Waals surface area (Å²) in [5.41, 5.74) is 1.88. The van der Waals surface area contributed by atoms with E-state index in [4.69, 9.17) is 4.74 Å². The van der Waals surface area contributed by atoms with Gasteiger partial charge in [0, 0.05) is 41.0 Å². The van der Waals surface area contributed by atoms with E-state index in [1.165, 1.54) is 43.6 Å². The first kappa shape index (κ1) is 26.7. The van der Waals surface area contributed by atoms with Gasteiger partial charge in [0.25, 0.3) is 15.9 Å². The number of carbonyl (C=O) groups excluding carboxylic acids is 3. The van der Waals surface area contributed by atoms with Crippen LogP contribution in [-0.4, -0.2) is 44.7 Å². The quantitative estimate of drug-likeness (QED) is 0.239. The number of carbonyl (C=O) groups is 3. The summed E-state index contributed by atoms with van der Waals surface area (Å²) in [6.07, 6.45) is 1.43. The summed E-state index contributed by atoms with van der Waals surface area (Å²) in [5.74, 6) is -1.36. The standard InChI is InChI=1S/C27H23N3O6S2/c1-3-36-26(33)23-7-5-4-6-22(23)24(31)18-8-10-19(11-9-18)25(32)29-20-12-14-21(15-13-20)30(2)38(34,35)27-28-16-17-37-27/h4-17H,3H2,1-2H3,(H,29,32). The van der Waals surface area contributed by atoms with Crippen molar-refractivity contribution in [3.63, 3.8) is 0 Å². The molecular weight excluding hydrogens is 526 g/mol. The van der Waals surface area contributed by atoms with Gasteiger partial charge in [0.2, 0.25) is 4.34 Å². The van der Waals surface area contributed by atoms with E-state index in [2.05, 4.69) is 10.3 Å². The first-order valence-electron chi connectivity index (χ1n) is 11.4. The van der Waals surface area contributed by atoms with Crippen LogP contribution in [0.5, 0.6) is 0 Å². The van der Waals surface area contributed by atoms with Gasteiger partial charge in [-0.15, -0.1) is 11.3 Å². The average Bonchev–Trinajstić information content (AvgIpc) is 3.49. The number of nitrogens with zero attached hydrogens (tertiary/aromatic N) is 2. The van der Waals surface area contributed by atoms with Crippen LogP contribution < -0.4 is 9.62 Å². The molecule has 194 valence electrons. The summed E-state index contributed by atoms with van der Waals surface area (Å²) in [7, 11) is -2.34. The fourth-order valence-corrected chi connectivity index (χ4v) is 5.72. The lowest BCUT2D eigenvalue weighted by atomic mass is 9.97. The largest absolute Gasteiger partial charge is 0.462 e. The number of amides is 1. The SMILES string of the molecule is CCOC(=O)c1ccccc1C(=O)c1ccc(C(=O)Nc2ccc(N(C)S(=O)(=O)c3nccs3)cc2)cc1. The normalized spacial score (nSPS) is 11.0. The maximum absolute atomic E-state index is 13.0. The summed E-state index contributed by atoms with van der Waals surface area (Å²) in [4.78, 5) is 41.9. The summed E-state index contributed by atoms with van der Waals surface area (Å²) < 4.78 is 31.4. The number of hydrogen-bond acceptors (Lipinski definition) is 8. The summed E-state index contributed by atoms with van der Waals surface area (Å²) >= 11 is 1.03. The Morgan fingerprint density at radius 2 is 1.55 bits per heavy atom. The van der Waals surface area contributed by atoms with Crippen LogP contribution in [0.25, 0.3) is 0 Å². The number of thiazole rings is 1. The molecule has 0 aliphatic rings. The van der Waals surface area contributed by atoms with Crippen molar-refractivity contribution in [1.82, 2.24) is 4.98 Å². The van der Waals surface area contributed by atoms with Gasteiger partial charge in [0.1, 0.15) is 0 Å².